The maximum atomic E-state index is 12.6. The summed E-state index contributed by atoms with van der Waals surface area (Å²) in [4.78, 5) is 2.40. The molecule has 0 saturated carbocycles. The van der Waals surface area contributed by atoms with Gasteiger partial charge in [-0.25, -0.2) is 0 Å². The highest BCUT2D eigenvalue weighted by atomic mass is 19.4. The van der Waals surface area contributed by atoms with Crippen molar-refractivity contribution in [2.45, 2.75) is 63.9 Å². The number of fused-ring (bicyclic) bond motifs is 1. The first kappa shape index (κ1) is 24.8. The summed E-state index contributed by atoms with van der Waals surface area (Å²) < 4.78 is 46.4. The van der Waals surface area contributed by atoms with Crippen molar-refractivity contribution in [1.29, 1.82) is 0 Å². The van der Waals surface area contributed by atoms with E-state index in [4.69, 9.17) is 4.74 Å². The van der Waals surface area contributed by atoms with Gasteiger partial charge in [-0.2, -0.15) is 13.2 Å². The number of benzene rings is 2. The molecular formula is C27H32F3N5O. The second-order valence-electron chi connectivity index (χ2n) is 9.79. The zero-order valence-corrected chi connectivity index (χ0v) is 20.6. The molecule has 2 aromatic carbocycles. The third-order valence-corrected chi connectivity index (χ3v) is 7.25. The van der Waals surface area contributed by atoms with Crippen molar-refractivity contribution in [3.8, 4) is 11.4 Å². The lowest BCUT2D eigenvalue weighted by molar-refractivity contribution is -0.133. The zero-order valence-electron chi connectivity index (χ0n) is 20.6. The van der Waals surface area contributed by atoms with Crippen LogP contribution in [0.2, 0.25) is 0 Å². The monoisotopic (exact) mass is 499 g/mol. The van der Waals surface area contributed by atoms with Crippen molar-refractivity contribution in [3.63, 3.8) is 0 Å². The predicted molar refractivity (Wildman–Crippen MR) is 131 cm³/mol. The molecule has 9 heteroatoms. The van der Waals surface area contributed by atoms with Crippen LogP contribution in [0, 0.1) is 13.8 Å². The fourth-order valence-electron chi connectivity index (χ4n) is 5.55. The molecule has 192 valence electrons. The lowest BCUT2D eigenvalue weighted by Crippen LogP contribution is -2.51. The van der Waals surface area contributed by atoms with E-state index in [1.807, 2.05) is 48.7 Å². The first-order chi connectivity index (χ1) is 17.3. The molecule has 1 aromatic heterocycles. The van der Waals surface area contributed by atoms with Gasteiger partial charge in [0.2, 0.25) is 0 Å². The van der Waals surface area contributed by atoms with Gasteiger partial charge in [0.05, 0.1) is 12.5 Å². The van der Waals surface area contributed by atoms with Gasteiger partial charge in [-0.05, 0) is 75.0 Å². The molecule has 1 aliphatic heterocycles. The number of aromatic nitrogens is 3. The first-order valence-electron chi connectivity index (χ1n) is 12.6. The van der Waals surface area contributed by atoms with Gasteiger partial charge < -0.3 is 10.1 Å². The SMILES string of the molecule is Cc1nnc(C)n1-c1ccc(O[C@H]2c3ccccc3C[C@@H]2N2CCCC(NCCC(F)(F)F)C2)cc1. The van der Waals surface area contributed by atoms with Crippen LogP contribution in [0.1, 0.15) is 48.1 Å². The molecule has 1 unspecified atom stereocenters. The molecule has 1 fully saturated rings. The molecule has 3 atom stereocenters. The molecule has 5 rings (SSSR count). The van der Waals surface area contributed by atoms with Crippen LogP contribution in [0.3, 0.4) is 0 Å². The van der Waals surface area contributed by atoms with Crippen LogP contribution in [0.5, 0.6) is 5.75 Å². The molecule has 1 saturated heterocycles. The van der Waals surface area contributed by atoms with E-state index in [2.05, 4.69) is 38.6 Å². The largest absolute Gasteiger partial charge is 0.484 e. The van der Waals surface area contributed by atoms with E-state index in [1.165, 1.54) is 11.1 Å². The fraction of sp³-hybridized carbons (Fsp3) is 0.481. The summed E-state index contributed by atoms with van der Waals surface area (Å²) in [5, 5.41) is 11.4. The summed E-state index contributed by atoms with van der Waals surface area (Å²) in [5.74, 6) is 2.44. The Labute approximate surface area is 209 Å². The third-order valence-electron chi connectivity index (χ3n) is 7.25. The molecule has 1 aliphatic carbocycles. The Balaban J connectivity index is 1.31. The Bertz CT molecular complexity index is 1160. The molecule has 0 bridgehead atoms. The van der Waals surface area contributed by atoms with Crippen molar-refractivity contribution in [2.24, 2.45) is 0 Å². The standard InChI is InChI=1S/C27H32F3N5O/c1-18-32-33-19(2)35(18)22-9-11-23(12-10-22)36-26-24-8-4-3-6-20(24)16-25(26)34-15-5-7-21(17-34)31-14-13-27(28,29)30/h3-4,6,8-12,21,25-26,31H,5,7,13-17H2,1-2H3/t21?,25-,26-/m0/s1. The van der Waals surface area contributed by atoms with E-state index in [0.29, 0.717) is 0 Å². The van der Waals surface area contributed by atoms with Crippen LogP contribution in [-0.4, -0.2) is 57.6 Å². The van der Waals surface area contributed by atoms with Crippen LogP contribution in [0.15, 0.2) is 48.5 Å². The second kappa shape index (κ2) is 10.2. The molecule has 3 aromatic rings. The van der Waals surface area contributed by atoms with E-state index >= 15 is 0 Å². The van der Waals surface area contributed by atoms with Crippen molar-refractivity contribution >= 4 is 0 Å². The number of nitrogens with one attached hydrogen (secondary N) is 1. The van der Waals surface area contributed by atoms with Crippen LogP contribution in [0.4, 0.5) is 13.2 Å². The molecule has 1 N–H and O–H groups in total. The Morgan fingerprint density at radius 3 is 2.47 bits per heavy atom. The van der Waals surface area contributed by atoms with Gasteiger partial charge in [-0.1, -0.05) is 24.3 Å². The van der Waals surface area contributed by atoms with Gasteiger partial charge in [0.15, 0.2) is 0 Å². The van der Waals surface area contributed by atoms with Gasteiger partial charge in [0, 0.05) is 24.8 Å². The minimum Gasteiger partial charge on any atom is -0.484 e. The second-order valence-corrected chi connectivity index (χ2v) is 9.79. The summed E-state index contributed by atoms with van der Waals surface area (Å²) in [6.07, 6.45) is -2.35. The number of hydrogen-bond donors (Lipinski definition) is 1. The number of likely N-dealkylation sites (tertiary alicyclic amines) is 1. The van der Waals surface area contributed by atoms with Crippen molar-refractivity contribution in [1.82, 2.24) is 25.0 Å². The summed E-state index contributed by atoms with van der Waals surface area (Å²) in [7, 11) is 0. The van der Waals surface area contributed by atoms with E-state index in [0.717, 1.165) is 55.4 Å². The predicted octanol–water partition coefficient (Wildman–Crippen LogP) is 4.94. The highest BCUT2D eigenvalue weighted by Gasteiger charge is 2.39. The summed E-state index contributed by atoms with van der Waals surface area (Å²) in [5.41, 5.74) is 3.44. The molecule has 6 nitrogen and oxygen atoms in total. The molecule has 0 radical (unpaired) electrons. The van der Waals surface area contributed by atoms with Crippen molar-refractivity contribution < 1.29 is 17.9 Å². The van der Waals surface area contributed by atoms with Gasteiger partial charge in [-0.3, -0.25) is 9.47 Å². The zero-order chi connectivity index (χ0) is 25.3. The number of halogens is 3. The minimum absolute atomic E-state index is 0.0371. The van der Waals surface area contributed by atoms with Crippen molar-refractivity contribution in [3.05, 3.63) is 71.3 Å². The van der Waals surface area contributed by atoms with Gasteiger partial charge in [-0.15, -0.1) is 10.2 Å². The number of ether oxygens (including phenoxy) is 1. The summed E-state index contributed by atoms with van der Waals surface area (Å²) >= 11 is 0. The number of alkyl halides is 3. The Morgan fingerprint density at radius 2 is 1.75 bits per heavy atom. The fourth-order valence-corrected chi connectivity index (χ4v) is 5.55. The highest BCUT2D eigenvalue weighted by molar-refractivity contribution is 5.41. The lowest BCUT2D eigenvalue weighted by atomic mass is 10.0. The number of rotatable bonds is 7. The van der Waals surface area contributed by atoms with E-state index < -0.39 is 12.6 Å². The molecule has 36 heavy (non-hydrogen) atoms. The van der Waals surface area contributed by atoms with Crippen LogP contribution >= 0.6 is 0 Å². The molecule has 2 heterocycles. The van der Waals surface area contributed by atoms with E-state index in [-0.39, 0.29) is 24.7 Å². The van der Waals surface area contributed by atoms with Crippen LogP contribution < -0.4 is 10.1 Å². The van der Waals surface area contributed by atoms with Gasteiger partial charge >= 0.3 is 6.18 Å². The Kier molecular flexibility index (Phi) is 7.03. The Hall–Kier alpha value is -2.91. The summed E-state index contributed by atoms with van der Waals surface area (Å²) in [6.45, 7) is 5.45. The average molecular weight is 500 g/mol. The first-order valence-corrected chi connectivity index (χ1v) is 12.6. The summed E-state index contributed by atoms with van der Waals surface area (Å²) in [6, 6.07) is 16.5. The van der Waals surface area contributed by atoms with Crippen LogP contribution in [0.25, 0.3) is 5.69 Å². The average Bonchev–Trinajstić information content (AvgIpc) is 3.38. The molecular weight excluding hydrogens is 467 g/mol. The molecule has 0 spiro atoms. The quantitative estimate of drug-likeness (QED) is 0.499. The van der Waals surface area contributed by atoms with Crippen molar-refractivity contribution in [2.75, 3.05) is 19.6 Å². The van der Waals surface area contributed by atoms with Gasteiger partial charge in [0.1, 0.15) is 23.5 Å². The van der Waals surface area contributed by atoms with E-state index in [9.17, 15) is 13.2 Å². The maximum Gasteiger partial charge on any atom is 0.390 e. The maximum absolute atomic E-state index is 12.6. The molecule has 0 amide bonds. The number of piperidine rings is 1. The van der Waals surface area contributed by atoms with E-state index in [1.54, 1.807) is 0 Å². The third kappa shape index (κ3) is 5.42. The van der Waals surface area contributed by atoms with Crippen LogP contribution in [-0.2, 0) is 6.42 Å². The topological polar surface area (TPSA) is 55.2 Å². The smallest absolute Gasteiger partial charge is 0.390 e. The Morgan fingerprint density at radius 1 is 1.03 bits per heavy atom. The minimum atomic E-state index is -4.13. The highest BCUT2D eigenvalue weighted by Crippen LogP contribution is 2.39. The molecule has 2 aliphatic rings. The number of nitrogens with zero attached hydrogens (tertiary/aromatic N) is 4. The number of hydrogen-bond acceptors (Lipinski definition) is 5. The number of aryl methyl sites for hydroxylation is 2. The normalized spacial score (nSPS) is 22.5. The lowest BCUT2D eigenvalue weighted by Gasteiger charge is -2.39. The van der Waals surface area contributed by atoms with Gasteiger partial charge in [0.25, 0.3) is 0 Å².